The second-order valence-electron chi connectivity index (χ2n) is 7.06. The first-order valence-electron chi connectivity index (χ1n) is 10.1. The van der Waals surface area contributed by atoms with Gasteiger partial charge in [-0.25, -0.2) is 0 Å². The highest BCUT2D eigenvalue weighted by atomic mass is 32.2. The van der Waals surface area contributed by atoms with E-state index < -0.39 is 26.8 Å². The lowest BCUT2D eigenvalue weighted by Gasteiger charge is -2.16. The van der Waals surface area contributed by atoms with Crippen LogP contribution in [-0.4, -0.2) is 25.2 Å². The first-order valence-corrected chi connectivity index (χ1v) is 12.6. The lowest BCUT2D eigenvalue weighted by Crippen LogP contribution is -2.27. The Bertz CT molecular complexity index is 973. The van der Waals surface area contributed by atoms with Crippen molar-refractivity contribution in [3.05, 3.63) is 96.6 Å². The molecule has 0 aromatic heterocycles. The van der Waals surface area contributed by atoms with E-state index in [0.717, 1.165) is 10.5 Å². The Balaban J connectivity index is 1.65. The van der Waals surface area contributed by atoms with Crippen LogP contribution in [0, 0.1) is 0 Å². The van der Waals surface area contributed by atoms with Gasteiger partial charge in [-0.3, -0.25) is 13.2 Å². The van der Waals surface area contributed by atoms with Crippen LogP contribution >= 0.6 is 0 Å². The highest BCUT2D eigenvalue weighted by molar-refractivity contribution is 7.86. The SMILES string of the molecule is O=C(CCc1ccccc1)C(CCCS(=O)c1ccccc1)S(=O)c1ccccc1. The van der Waals surface area contributed by atoms with Crippen LogP contribution < -0.4 is 0 Å². The van der Waals surface area contributed by atoms with E-state index in [1.54, 1.807) is 12.1 Å². The Morgan fingerprint density at radius 2 is 1.27 bits per heavy atom. The average molecular weight is 439 g/mol. The lowest BCUT2D eigenvalue weighted by atomic mass is 10.0. The van der Waals surface area contributed by atoms with Crippen molar-refractivity contribution in [3.8, 4) is 0 Å². The molecule has 5 heteroatoms. The molecule has 156 valence electrons. The third kappa shape index (κ3) is 6.57. The summed E-state index contributed by atoms with van der Waals surface area (Å²) in [5, 5.41) is -0.580. The molecule has 0 saturated heterocycles. The highest BCUT2D eigenvalue weighted by Gasteiger charge is 2.26. The van der Waals surface area contributed by atoms with Crippen molar-refractivity contribution in [3.63, 3.8) is 0 Å². The van der Waals surface area contributed by atoms with Crippen molar-refractivity contribution in [1.82, 2.24) is 0 Å². The minimum absolute atomic E-state index is 0.00605. The van der Waals surface area contributed by atoms with Gasteiger partial charge in [-0.05, 0) is 49.1 Å². The van der Waals surface area contributed by atoms with Gasteiger partial charge >= 0.3 is 0 Å². The molecule has 0 bridgehead atoms. The Morgan fingerprint density at radius 1 is 0.733 bits per heavy atom. The fourth-order valence-electron chi connectivity index (χ4n) is 3.27. The maximum Gasteiger partial charge on any atom is 0.149 e. The number of ketones is 1. The number of carbonyl (C=O) groups excluding carboxylic acids is 1. The van der Waals surface area contributed by atoms with Crippen LogP contribution in [0.5, 0.6) is 0 Å². The molecule has 0 saturated carbocycles. The molecule has 30 heavy (non-hydrogen) atoms. The molecule has 0 aliphatic carbocycles. The smallest absolute Gasteiger partial charge is 0.149 e. The van der Waals surface area contributed by atoms with E-state index in [1.807, 2.05) is 78.9 Å². The number of aryl methyl sites for hydroxylation is 1. The normalized spacial score (nSPS) is 14.0. The van der Waals surface area contributed by atoms with Crippen LogP contribution in [0.1, 0.15) is 24.8 Å². The maximum absolute atomic E-state index is 13.2. The zero-order valence-electron chi connectivity index (χ0n) is 16.8. The topological polar surface area (TPSA) is 51.2 Å². The largest absolute Gasteiger partial charge is 0.298 e. The van der Waals surface area contributed by atoms with Crippen molar-refractivity contribution in [2.24, 2.45) is 0 Å². The summed E-state index contributed by atoms with van der Waals surface area (Å²) in [5.41, 5.74) is 1.10. The summed E-state index contributed by atoms with van der Waals surface area (Å²) in [4.78, 5) is 14.5. The van der Waals surface area contributed by atoms with E-state index in [2.05, 4.69) is 0 Å². The summed E-state index contributed by atoms with van der Waals surface area (Å²) in [6.07, 6.45) is 2.04. The van der Waals surface area contributed by atoms with Crippen LogP contribution in [0.4, 0.5) is 0 Å². The van der Waals surface area contributed by atoms with E-state index in [-0.39, 0.29) is 5.78 Å². The van der Waals surface area contributed by atoms with E-state index >= 15 is 0 Å². The molecule has 3 aromatic carbocycles. The predicted octanol–water partition coefficient (Wildman–Crippen LogP) is 4.95. The summed E-state index contributed by atoms with van der Waals surface area (Å²) >= 11 is 0. The average Bonchev–Trinajstić information content (AvgIpc) is 2.81. The van der Waals surface area contributed by atoms with Gasteiger partial charge in [-0.1, -0.05) is 66.7 Å². The second-order valence-corrected chi connectivity index (χ2v) is 10.3. The fourth-order valence-corrected chi connectivity index (χ4v) is 5.89. The van der Waals surface area contributed by atoms with E-state index in [9.17, 15) is 13.2 Å². The van der Waals surface area contributed by atoms with Crippen LogP contribution in [0.2, 0.25) is 0 Å². The van der Waals surface area contributed by atoms with Crippen molar-refractivity contribution >= 4 is 27.4 Å². The summed E-state index contributed by atoms with van der Waals surface area (Å²) in [6.45, 7) is 0. The van der Waals surface area contributed by atoms with Gasteiger partial charge in [-0.15, -0.1) is 0 Å². The minimum Gasteiger partial charge on any atom is -0.298 e. The predicted molar refractivity (Wildman–Crippen MR) is 123 cm³/mol. The van der Waals surface area contributed by atoms with Gasteiger partial charge in [0.15, 0.2) is 0 Å². The molecule has 3 aromatic rings. The zero-order valence-corrected chi connectivity index (χ0v) is 18.4. The number of hydrogen-bond donors (Lipinski definition) is 0. The molecular formula is C25H26O3S2. The monoisotopic (exact) mass is 438 g/mol. The van der Waals surface area contributed by atoms with Gasteiger partial charge in [0.1, 0.15) is 5.78 Å². The molecule has 3 rings (SSSR count). The summed E-state index contributed by atoms with van der Waals surface area (Å²) in [6, 6.07) is 28.3. The third-order valence-electron chi connectivity index (χ3n) is 4.90. The molecule has 3 atom stereocenters. The maximum atomic E-state index is 13.2. The Kier molecular flexibility index (Phi) is 8.72. The standard InChI is InChI=1S/C25H26O3S2/c26-24(19-18-21-11-4-1-5-12-21)25(30(28)23-15-8-3-9-16-23)17-10-20-29(27)22-13-6-2-7-14-22/h1-9,11-16,25H,10,17-20H2. The third-order valence-corrected chi connectivity index (χ3v) is 8.11. The van der Waals surface area contributed by atoms with E-state index in [0.29, 0.717) is 36.3 Å². The Hall–Kier alpha value is -2.37. The van der Waals surface area contributed by atoms with Gasteiger partial charge < -0.3 is 0 Å². The van der Waals surface area contributed by atoms with Gasteiger partial charge in [0.05, 0.1) is 26.8 Å². The zero-order chi connectivity index (χ0) is 21.2. The molecule has 3 nitrogen and oxygen atoms in total. The van der Waals surface area contributed by atoms with Crippen molar-refractivity contribution in [2.75, 3.05) is 5.75 Å². The lowest BCUT2D eigenvalue weighted by molar-refractivity contribution is -0.118. The first kappa shape index (κ1) is 22.3. The highest BCUT2D eigenvalue weighted by Crippen LogP contribution is 2.19. The number of hydrogen-bond acceptors (Lipinski definition) is 3. The van der Waals surface area contributed by atoms with Crippen molar-refractivity contribution in [1.29, 1.82) is 0 Å². The summed E-state index contributed by atoms with van der Waals surface area (Å²) in [7, 11) is -2.53. The van der Waals surface area contributed by atoms with Gasteiger partial charge in [0.25, 0.3) is 0 Å². The van der Waals surface area contributed by atoms with Crippen LogP contribution in [-0.2, 0) is 32.8 Å². The Morgan fingerprint density at radius 3 is 1.87 bits per heavy atom. The fraction of sp³-hybridized carbons (Fsp3) is 0.240. The molecule has 0 N–H and O–H groups in total. The number of Topliss-reactive ketones (excluding diaryl/α,β-unsaturated/α-hetero) is 1. The molecule has 0 spiro atoms. The van der Waals surface area contributed by atoms with Gasteiger partial charge in [0.2, 0.25) is 0 Å². The number of rotatable bonds is 11. The molecule has 0 radical (unpaired) electrons. The molecule has 0 aliphatic heterocycles. The number of benzene rings is 3. The first-order chi connectivity index (χ1) is 14.6. The van der Waals surface area contributed by atoms with Crippen LogP contribution in [0.15, 0.2) is 101 Å². The quantitative estimate of drug-likeness (QED) is 0.425. The van der Waals surface area contributed by atoms with Crippen molar-refractivity contribution in [2.45, 2.75) is 40.7 Å². The molecule has 0 fully saturated rings. The molecular weight excluding hydrogens is 412 g/mol. The van der Waals surface area contributed by atoms with Crippen LogP contribution in [0.3, 0.4) is 0 Å². The van der Waals surface area contributed by atoms with Gasteiger partial charge in [-0.2, -0.15) is 0 Å². The van der Waals surface area contributed by atoms with Gasteiger partial charge in [0, 0.05) is 22.0 Å². The molecule has 3 unspecified atom stereocenters. The van der Waals surface area contributed by atoms with E-state index in [4.69, 9.17) is 0 Å². The van der Waals surface area contributed by atoms with Crippen LogP contribution in [0.25, 0.3) is 0 Å². The Labute approximate surface area is 183 Å². The second kappa shape index (κ2) is 11.7. The number of carbonyl (C=O) groups is 1. The minimum atomic E-state index is -1.42. The summed E-state index contributed by atoms with van der Waals surface area (Å²) in [5.74, 6) is 0.463. The van der Waals surface area contributed by atoms with E-state index in [1.165, 1.54) is 0 Å². The van der Waals surface area contributed by atoms with Crippen molar-refractivity contribution < 1.29 is 13.2 Å². The molecule has 0 amide bonds. The summed E-state index contributed by atoms with van der Waals surface area (Å²) < 4.78 is 25.7. The molecule has 0 aliphatic rings. The molecule has 0 heterocycles.